The van der Waals surface area contributed by atoms with Crippen LogP contribution in [0.25, 0.3) is 0 Å². The van der Waals surface area contributed by atoms with Crippen molar-refractivity contribution < 1.29 is 28.5 Å². The molecule has 0 aromatic rings. The Bertz CT molecular complexity index is 925. The van der Waals surface area contributed by atoms with Crippen LogP contribution in [0.2, 0.25) is 0 Å². The summed E-state index contributed by atoms with van der Waals surface area (Å²) in [6.07, 6.45) is 9.59. The van der Waals surface area contributed by atoms with Gasteiger partial charge < -0.3 is 18.9 Å². The minimum absolute atomic E-state index is 0.0615. The van der Waals surface area contributed by atoms with E-state index in [1.807, 2.05) is 0 Å². The minimum atomic E-state index is -0.383. The van der Waals surface area contributed by atoms with Crippen molar-refractivity contribution in [1.82, 2.24) is 0 Å². The molecule has 6 fully saturated rings. The van der Waals surface area contributed by atoms with Crippen LogP contribution in [0.4, 0.5) is 0 Å². The predicted molar refractivity (Wildman–Crippen MR) is 138 cm³/mol. The third-order valence-electron chi connectivity index (χ3n) is 12.5. The standard InChI is InChI=1S/C31H48O6/c1-17-7-12-31(34-16-17)18(2)28-27(37-31)15-24-22-14-26(36-20(4)33)25-13-21(35-19(3)32)8-10-29(25,5)23(22)9-11-30(24,28)6/h17-18,21-28H,7-16H2,1-6H3/t17-,18+,21+,22-,23+,24+,25-,26+,27+,28+,29-,30+,31-/m1/s1. The Hall–Kier alpha value is -1.14. The molecule has 0 unspecified atom stereocenters. The molecule has 1 spiro atoms. The normalized spacial score (nSPS) is 54.5. The molecule has 2 aliphatic heterocycles. The molecule has 0 radical (unpaired) electrons. The molecule has 2 heterocycles. The topological polar surface area (TPSA) is 71.1 Å². The molecule has 208 valence electrons. The van der Waals surface area contributed by atoms with Gasteiger partial charge in [0.15, 0.2) is 5.79 Å². The zero-order valence-electron chi connectivity index (χ0n) is 23.8. The van der Waals surface area contributed by atoms with Gasteiger partial charge in [-0.15, -0.1) is 0 Å². The number of hydrogen-bond donors (Lipinski definition) is 0. The second kappa shape index (κ2) is 8.94. The molecule has 4 aliphatic carbocycles. The van der Waals surface area contributed by atoms with Gasteiger partial charge in [-0.2, -0.15) is 0 Å². The van der Waals surface area contributed by atoms with E-state index in [9.17, 15) is 9.59 Å². The van der Waals surface area contributed by atoms with Gasteiger partial charge in [0.05, 0.1) is 12.7 Å². The first-order valence-electron chi connectivity index (χ1n) is 15.1. The first kappa shape index (κ1) is 26.1. The molecule has 6 nitrogen and oxygen atoms in total. The van der Waals surface area contributed by atoms with E-state index in [-0.39, 0.29) is 52.8 Å². The summed E-state index contributed by atoms with van der Waals surface area (Å²) in [7, 11) is 0. The Morgan fingerprint density at radius 2 is 1.54 bits per heavy atom. The second-order valence-electron chi connectivity index (χ2n) is 14.4. The zero-order chi connectivity index (χ0) is 26.3. The minimum Gasteiger partial charge on any atom is -0.463 e. The Kier molecular flexibility index (Phi) is 6.31. The lowest BCUT2D eigenvalue weighted by molar-refractivity contribution is -0.273. The fourth-order valence-electron chi connectivity index (χ4n) is 10.9. The van der Waals surface area contributed by atoms with Crippen LogP contribution in [0.15, 0.2) is 0 Å². The molecule has 0 amide bonds. The number of ether oxygens (including phenoxy) is 4. The van der Waals surface area contributed by atoms with Gasteiger partial charge in [-0.05, 0) is 91.8 Å². The van der Waals surface area contributed by atoms with Crippen LogP contribution in [-0.2, 0) is 28.5 Å². The number of esters is 2. The lowest BCUT2D eigenvalue weighted by Gasteiger charge is -2.62. The first-order valence-corrected chi connectivity index (χ1v) is 15.1. The monoisotopic (exact) mass is 516 g/mol. The summed E-state index contributed by atoms with van der Waals surface area (Å²) in [6.45, 7) is 13.5. The Morgan fingerprint density at radius 1 is 0.811 bits per heavy atom. The largest absolute Gasteiger partial charge is 0.463 e. The van der Waals surface area contributed by atoms with Crippen molar-refractivity contribution in [3.63, 3.8) is 0 Å². The highest BCUT2D eigenvalue weighted by molar-refractivity contribution is 5.66. The molecule has 0 aromatic heterocycles. The quantitative estimate of drug-likeness (QED) is 0.425. The molecule has 2 saturated heterocycles. The Balaban J connectivity index is 1.27. The van der Waals surface area contributed by atoms with Crippen LogP contribution >= 0.6 is 0 Å². The van der Waals surface area contributed by atoms with Crippen molar-refractivity contribution in [2.75, 3.05) is 6.61 Å². The summed E-state index contributed by atoms with van der Waals surface area (Å²) in [5.74, 6) is 2.77. The van der Waals surface area contributed by atoms with Crippen molar-refractivity contribution in [3.8, 4) is 0 Å². The smallest absolute Gasteiger partial charge is 0.302 e. The molecular formula is C31H48O6. The highest BCUT2D eigenvalue weighted by atomic mass is 16.7. The van der Waals surface area contributed by atoms with Gasteiger partial charge in [0, 0.05) is 32.1 Å². The molecule has 6 rings (SSSR count). The van der Waals surface area contributed by atoms with Crippen LogP contribution in [0.3, 0.4) is 0 Å². The first-order chi connectivity index (χ1) is 17.5. The van der Waals surface area contributed by atoms with Crippen LogP contribution in [0, 0.1) is 52.3 Å². The SMILES string of the molecule is CC(=O)O[C@H]1CC[C@@]2(C)[C@H](C1)[C@@H](OC(C)=O)C[C@@H]1[C@@H]2CC[C@]2(C)[C@@H]3[C@H](C[C@@H]12)O[C@]1(CC[C@@H](C)CO1)[C@H]3C. The van der Waals surface area contributed by atoms with Gasteiger partial charge in [-0.1, -0.05) is 27.7 Å². The Morgan fingerprint density at radius 3 is 2.22 bits per heavy atom. The second-order valence-corrected chi connectivity index (χ2v) is 14.4. The summed E-state index contributed by atoms with van der Waals surface area (Å²) in [6, 6.07) is 0. The van der Waals surface area contributed by atoms with Gasteiger partial charge in [-0.3, -0.25) is 9.59 Å². The third kappa shape index (κ3) is 3.93. The van der Waals surface area contributed by atoms with Crippen LogP contribution < -0.4 is 0 Å². The summed E-state index contributed by atoms with van der Waals surface area (Å²) in [5.41, 5.74) is 0.342. The molecule has 0 N–H and O–H groups in total. The fraction of sp³-hybridized carbons (Fsp3) is 0.935. The van der Waals surface area contributed by atoms with E-state index in [0.717, 1.165) is 45.1 Å². The van der Waals surface area contributed by atoms with E-state index < -0.39 is 0 Å². The zero-order valence-corrected chi connectivity index (χ0v) is 23.8. The number of carbonyl (C=O) groups excluding carboxylic acids is 2. The summed E-state index contributed by atoms with van der Waals surface area (Å²) in [4.78, 5) is 24.0. The van der Waals surface area contributed by atoms with Gasteiger partial charge in [-0.25, -0.2) is 0 Å². The van der Waals surface area contributed by atoms with E-state index in [4.69, 9.17) is 18.9 Å². The van der Waals surface area contributed by atoms with Gasteiger partial charge in [0.25, 0.3) is 0 Å². The summed E-state index contributed by atoms with van der Waals surface area (Å²) in [5, 5.41) is 0. The van der Waals surface area contributed by atoms with Crippen molar-refractivity contribution >= 4 is 11.9 Å². The maximum Gasteiger partial charge on any atom is 0.302 e. The number of hydrogen-bond acceptors (Lipinski definition) is 6. The van der Waals surface area contributed by atoms with Gasteiger partial charge in [0.1, 0.15) is 12.2 Å². The molecule has 4 saturated carbocycles. The number of rotatable bonds is 2. The van der Waals surface area contributed by atoms with E-state index >= 15 is 0 Å². The summed E-state index contributed by atoms with van der Waals surface area (Å²) >= 11 is 0. The molecule has 37 heavy (non-hydrogen) atoms. The molecule has 0 bridgehead atoms. The Labute approximate surface area is 222 Å². The van der Waals surface area contributed by atoms with E-state index in [0.29, 0.717) is 35.5 Å². The molecule has 13 atom stereocenters. The molecule has 6 heteroatoms. The summed E-state index contributed by atoms with van der Waals surface area (Å²) < 4.78 is 25.2. The average Bonchev–Trinajstić information content (AvgIpc) is 3.26. The third-order valence-corrected chi connectivity index (χ3v) is 12.5. The van der Waals surface area contributed by atoms with Crippen LogP contribution in [0.1, 0.15) is 99.3 Å². The number of fused-ring (bicyclic) bond motifs is 7. The van der Waals surface area contributed by atoms with Gasteiger partial charge in [0.2, 0.25) is 0 Å². The van der Waals surface area contributed by atoms with Crippen molar-refractivity contribution in [2.24, 2.45) is 52.3 Å². The lowest BCUT2D eigenvalue weighted by atomic mass is 9.43. The van der Waals surface area contributed by atoms with Crippen LogP contribution in [-0.4, -0.2) is 42.6 Å². The fourth-order valence-corrected chi connectivity index (χ4v) is 10.9. The van der Waals surface area contributed by atoms with Crippen molar-refractivity contribution in [3.05, 3.63) is 0 Å². The van der Waals surface area contributed by atoms with Crippen molar-refractivity contribution in [1.29, 1.82) is 0 Å². The molecule has 0 aromatic carbocycles. The maximum absolute atomic E-state index is 12.3. The lowest BCUT2D eigenvalue weighted by Crippen LogP contribution is -2.59. The van der Waals surface area contributed by atoms with E-state index in [1.165, 1.54) is 26.2 Å². The van der Waals surface area contributed by atoms with E-state index in [2.05, 4.69) is 27.7 Å². The predicted octanol–water partition coefficient (Wildman–Crippen LogP) is 5.91. The van der Waals surface area contributed by atoms with Gasteiger partial charge >= 0.3 is 11.9 Å². The highest BCUT2D eigenvalue weighted by Crippen LogP contribution is 2.71. The average molecular weight is 517 g/mol. The number of carbonyl (C=O) groups is 2. The van der Waals surface area contributed by atoms with Crippen LogP contribution in [0.5, 0.6) is 0 Å². The van der Waals surface area contributed by atoms with Crippen molar-refractivity contribution in [2.45, 2.75) is 123 Å². The maximum atomic E-state index is 12.3. The van der Waals surface area contributed by atoms with E-state index in [1.54, 1.807) is 6.92 Å². The molecular weight excluding hydrogens is 468 g/mol. The highest BCUT2D eigenvalue weighted by Gasteiger charge is 2.70. The molecule has 6 aliphatic rings.